The number of rotatable bonds is 4. The van der Waals surface area contributed by atoms with E-state index >= 15 is 0 Å². The zero-order valence-corrected chi connectivity index (χ0v) is 9.24. The first-order valence-electron chi connectivity index (χ1n) is 4.89. The molecule has 1 rings (SSSR count). The van der Waals surface area contributed by atoms with Crippen molar-refractivity contribution < 1.29 is 4.79 Å². The fourth-order valence-electron chi connectivity index (χ4n) is 1.12. The van der Waals surface area contributed by atoms with Crippen LogP contribution in [0.15, 0.2) is 14.7 Å². The molecule has 0 aliphatic heterocycles. The molecular formula is C9H13N5O3. The van der Waals surface area contributed by atoms with E-state index in [0.29, 0.717) is 5.69 Å². The minimum absolute atomic E-state index is 0.151. The van der Waals surface area contributed by atoms with Gasteiger partial charge in [0.05, 0.1) is 11.8 Å². The van der Waals surface area contributed by atoms with Crippen LogP contribution in [-0.4, -0.2) is 28.6 Å². The third-order valence-corrected chi connectivity index (χ3v) is 1.93. The van der Waals surface area contributed by atoms with Gasteiger partial charge in [0, 0.05) is 18.7 Å². The number of nitrogens with zero attached hydrogens (tertiary/aromatic N) is 1. The van der Waals surface area contributed by atoms with Gasteiger partial charge in [-0.25, -0.2) is 10.2 Å². The Labute approximate surface area is 95.9 Å². The third kappa shape index (κ3) is 3.68. The maximum absolute atomic E-state index is 11.4. The Morgan fingerprint density at radius 3 is 2.76 bits per heavy atom. The summed E-state index contributed by atoms with van der Waals surface area (Å²) < 4.78 is 0. The molecule has 0 saturated heterocycles. The number of H-pyrrole nitrogens is 2. The Bertz CT molecular complexity index is 542. The first-order valence-corrected chi connectivity index (χ1v) is 4.89. The molecule has 1 aromatic heterocycles. The third-order valence-electron chi connectivity index (χ3n) is 1.93. The van der Waals surface area contributed by atoms with Crippen molar-refractivity contribution in [2.45, 2.75) is 13.3 Å². The van der Waals surface area contributed by atoms with E-state index < -0.39 is 11.2 Å². The number of nitrogens with one attached hydrogen (secondary N) is 3. The zero-order valence-electron chi connectivity index (χ0n) is 9.24. The highest BCUT2D eigenvalue weighted by atomic mass is 16.2. The van der Waals surface area contributed by atoms with Crippen molar-refractivity contribution in [3.8, 4) is 0 Å². The number of carbonyl (C=O) groups excluding carboxylic acids is 1. The average Bonchev–Trinajstić information content (AvgIpc) is 2.22. The van der Waals surface area contributed by atoms with E-state index in [1.807, 2.05) is 0 Å². The number of nitrogens with two attached hydrogens (primary N) is 1. The molecule has 1 aromatic rings. The van der Waals surface area contributed by atoms with Crippen molar-refractivity contribution in [3.05, 3.63) is 32.1 Å². The summed E-state index contributed by atoms with van der Waals surface area (Å²) in [5.74, 6) is -0.345. The predicted octanol–water partition coefficient (Wildman–Crippen LogP) is -1.83. The number of amides is 1. The summed E-state index contributed by atoms with van der Waals surface area (Å²) >= 11 is 0. The molecule has 0 radical (unpaired) electrons. The largest absolute Gasteiger partial charge is 0.330 e. The van der Waals surface area contributed by atoms with Gasteiger partial charge in [0.2, 0.25) is 5.91 Å². The number of hydrogen-bond donors (Lipinski definition) is 4. The van der Waals surface area contributed by atoms with E-state index in [2.05, 4.69) is 20.5 Å². The van der Waals surface area contributed by atoms with E-state index in [1.54, 1.807) is 6.92 Å². The van der Waals surface area contributed by atoms with Crippen LogP contribution in [0, 0.1) is 6.92 Å². The Morgan fingerprint density at radius 2 is 2.18 bits per heavy atom. The van der Waals surface area contributed by atoms with Crippen molar-refractivity contribution >= 4 is 12.1 Å². The molecule has 0 fully saturated rings. The minimum Gasteiger partial charge on any atom is -0.330 e. The molecule has 0 aliphatic carbocycles. The van der Waals surface area contributed by atoms with Gasteiger partial charge in [-0.3, -0.25) is 14.6 Å². The molecule has 5 N–H and O–H groups in total. The van der Waals surface area contributed by atoms with Gasteiger partial charge in [-0.1, -0.05) is 0 Å². The molecule has 1 amide bonds. The van der Waals surface area contributed by atoms with Crippen LogP contribution in [-0.2, 0) is 4.79 Å². The first-order chi connectivity index (χ1) is 8.04. The lowest BCUT2D eigenvalue weighted by Gasteiger charge is -1.98. The smallest absolute Gasteiger partial charge is 0.325 e. The zero-order chi connectivity index (χ0) is 12.8. The van der Waals surface area contributed by atoms with Crippen LogP contribution in [0.25, 0.3) is 0 Å². The number of aromatic amines is 2. The summed E-state index contributed by atoms with van der Waals surface area (Å²) in [4.78, 5) is 37.7. The summed E-state index contributed by atoms with van der Waals surface area (Å²) in [5, 5.41) is 3.59. The van der Waals surface area contributed by atoms with E-state index in [0.717, 1.165) is 0 Å². The van der Waals surface area contributed by atoms with Crippen LogP contribution < -0.4 is 22.4 Å². The molecule has 0 atom stereocenters. The lowest BCUT2D eigenvalue weighted by molar-refractivity contribution is -0.120. The summed E-state index contributed by atoms with van der Waals surface area (Å²) in [6.45, 7) is 1.78. The van der Waals surface area contributed by atoms with Gasteiger partial charge in [0.15, 0.2) is 0 Å². The Balaban J connectivity index is 2.82. The summed E-state index contributed by atoms with van der Waals surface area (Å²) in [6, 6.07) is 0. The Kier molecular flexibility index (Phi) is 4.35. The highest BCUT2D eigenvalue weighted by Gasteiger charge is 2.02. The topological polar surface area (TPSA) is 133 Å². The lowest BCUT2D eigenvalue weighted by atomic mass is 10.2. The lowest BCUT2D eigenvalue weighted by Crippen LogP contribution is -2.27. The van der Waals surface area contributed by atoms with E-state index in [-0.39, 0.29) is 24.4 Å². The molecule has 0 bridgehead atoms. The average molecular weight is 239 g/mol. The molecule has 0 spiro atoms. The van der Waals surface area contributed by atoms with Crippen molar-refractivity contribution in [2.24, 2.45) is 10.8 Å². The molecule has 1 heterocycles. The standard InChI is InChI=1S/C9H13N5O3/c1-5-6(8(16)13-9(17)12-5)4-11-14-7(15)2-3-10/h4H,2-3,10H2,1H3,(H,14,15)(H2,12,13,16,17). The molecule has 0 aliphatic rings. The maximum Gasteiger partial charge on any atom is 0.325 e. The predicted molar refractivity (Wildman–Crippen MR) is 61.8 cm³/mol. The molecule has 17 heavy (non-hydrogen) atoms. The SMILES string of the molecule is Cc1[nH]c(=O)[nH]c(=O)c1C=NNC(=O)CCN. The van der Waals surface area contributed by atoms with Crippen molar-refractivity contribution in [1.29, 1.82) is 0 Å². The number of aryl methyl sites for hydroxylation is 1. The summed E-state index contributed by atoms with van der Waals surface area (Å²) in [5.41, 5.74) is 6.77. The molecular weight excluding hydrogens is 226 g/mol. The van der Waals surface area contributed by atoms with Crippen LogP contribution >= 0.6 is 0 Å². The number of hydrazone groups is 1. The molecule has 92 valence electrons. The van der Waals surface area contributed by atoms with Crippen LogP contribution in [0.5, 0.6) is 0 Å². The highest BCUT2D eigenvalue weighted by molar-refractivity contribution is 5.82. The highest BCUT2D eigenvalue weighted by Crippen LogP contribution is 1.89. The van der Waals surface area contributed by atoms with E-state index in [9.17, 15) is 14.4 Å². The van der Waals surface area contributed by atoms with Gasteiger partial charge in [-0.05, 0) is 6.92 Å². The fourth-order valence-corrected chi connectivity index (χ4v) is 1.12. The number of hydrogen-bond acceptors (Lipinski definition) is 5. The van der Waals surface area contributed by atoms with E-state index in [4.69, 9.17) is 5.73 Å². The minimum atomic E-state index is -0.586. The molecule has 8 nitrogen and oxygen atoms in total. The Hall–Kier alpha value is -2.22. The summed E-state index contributed by atoms with van der Waals surface area (Å²) in [6.07, 6.45) is 1.32. The van der Waals surface area contributed by atoms with Gasteiger partial charge in [0.1, 0.15) is 0 Å². The van der Waals surface area contributed by atoms with E-state index in [1.165, 1.54) is 6.21 Å². The van der Waals surface area contributed by atoms with Gasteiger partial charge >= 0.3 is 5.69 Å². The van der Waals surface area contributed by atoms with Crippen molar-refractivity contribution in [2.75, 3.05) is 6.54 Å². The summed E-state index contributed by atoms with van der Waals surface area (Å²) in [7, 11) is 0. The number of carbonyl (C=O) groups is 1. The number of aromatic nitrogens is 2. The second kappa shape index (κ2) is 5.75. The maximum atomic E-state index is 11.4. The first kappa shape index (κ1) is 12.8. The molecule has 0 aromatic carbocycles. The van der Waals surface area contributed by atoms with Crippen LogP contribution in [0.2, 0.25) is 0 Å². The quantitative estimate of drug-likeness (QED) is 0.363. The molecule has 0 saturated carbocycles. The van der Waals surface area contributed by atoms with Gasteiger partial charge in [0.25, 0.3) is 5.56 Å². The van der Waals surface area contributed by atoms with Crippen molar-refractivity contribution in [1.82, 2.24) is 15.4 Å². The van der Waals surface area contributed by atoms with Gasteiger partial charge in [-0.15, -0.1) is 0 Å². The second-order valence-corrected chi connectivity index (χ2v) is 3.28. The molecule has 8 heteroatoms. The van der Waals surface area contributed by atoms with Crippen LogP contribution in [0.1, 0.15) is 17.7 Å². The van der Waals surface area contributed by atoms with Crippen molar-refractivity contribution in [3.63, 3.8) is 0 Å². The monoisotopic (exact) mass is 239 g/mol. The fraction of sp³-hybridized carbons (Fsp3) is 0.333. The Morgan fingerprint density at radius 1 is 1.47 bits per heavy atom. The molecule has 0 unspecified atom stereocenters. The normalized spacial score (nSPS) is 10.7. The second-order valence-electron chi connectivity index (χ2n) is 3.28. The van der Waals surface area contributed by atoms with Crippen LogP contribution in [0.3, 0.4) is 0 Å². The van der Waals surface area contributed by atoms with Gasteiger partial charge in [-0.2, -0.15) is 5.10 Å². The van der Waals surface area contributed by atoms with Gasteiger partial charge < -0.3 is 10.7 Å². The van der Waals surface area contributed by atoms with Crippen LogP contribution in [0.4, 0.5) is 0 Å².